The van der Waals surface area contributed by atoms with Gasteiger partial charge in [-0.15, -0.1) is 0 Å². The molecule has 0 fully saturated rings. The SMILES string of the molecule is O=[N+]([O-])c1ccc(Cl)cc1NCc1cc(F)c(F)c(F)c1. The Bertz CT molecular complexity index is 687. The second-order valence-electron chi connectivity index (χ2n) is 4.15. The first kappa shape index (κ1) is 15.1. The maximum absolute atomic E-state index is 13.1. The van der Waals surface area contributed by atoms with Gasteiger partial charge in [0.1, 0.15) is 5.69 Å². The van der Waals surface area contributed by atoms with Crippen molar-refractivity contribution in [2.75, 3.05) is 5.32 Å². The summed E-state index contributed by atoms with van der Waals surface area (Å²) in [5.74, 6) is -4.22. The molecule has 21 heavy (non-hydrogen) atoms. The van der Waals surface area contributed by atoms with E-state index < -0.39 is 22.4 Å². The van der Waals surface area contributed by atoms with Crippen LogP contribution < -0.4 is 5.32 Å². The molecular formula is C13H8ClF3N2O2. The van der Waals surface area contributed by atoms with Crippen LogP contribution in [0.3, 0.4) is 0 Å². The minimum Gasteiger partial charge on any atom is -0.375 e. The summed E-state index contributed by atoms with van der Waals surface area (Å²) in [7, 11) is 0. The molecule has 2 rings (SSSR count). The van der Waals surface area contributed by atoms with E-state index in [1.807, 2.05) is 0 Å². The fourth-order valence-electron chi connectivity index (χ4n) is 1.72. The van der Waals surface area contributed by atoms with Crippen molar-refractivity contribution in [3.63, 3.8) is 0 Å². The minimum absolute atomic E-state index is 0.0950. The Kier molecular flexibility index (Phi) is 4.32. The second kappa shape index (κ2) is 6.01. The fraction of sp³-hybridized carbons (Fsp3) is 0.0769. The van der Waals surface area contributed by atoms with Crippen LogP contribution in [0.1, 0.15) is 5.56 Å². The smallest absolute Gasteiger partial charge is 0.292 e. The number of nitro groups is 1. The summed E-state index contributed by atoms with van der Waals surface area (Å²) in [6.07, 6.45) is 0. The van der Waals surface area contributed by atoms with E-state index in [1.54, 1.807) is 0 Å². The summed E-state index contributed by atoms with van der Waals surface area (Å²) in [4.78, 5) is 10.2. The standard InChI is InChI=1S/C13H8ClF3N2O2/c14-8-1-2-12(19(20)21)11(5-8)18-6-7-3-9(15)13(17)10(16)4-7/h1-5,18H,6H2. The number of hydrogen-bond acceptors (Lipinski definition) is 3. The maximum Gasteiger partial charge on any atom is 0.292 e. The first-order valence-corrected chi connectivity index (χ1v) is 6.07. The normalized spacial score (nSPS) is 10.5. The molecular weight excluding hydrogens is 309 g/mol. The van der Waals surface area contributed by atoms with Gasteiger partial charge in [-0.1, -0.05) is 11.6 Å². The molecule has 0 unspecified atom stereocenters. The van der Waals surface area contributed by atoms with Gasteiger partial charge in [-0.2, -0.15) is 0 Å². The molecule has 2 aromatic carbocycles. The average molecular weight is 317 g/mol. The van der Waals surface area contributed by atoms with Crippen LogP contribution in [0, 0.1) is 27.6 Å². The van der Waals surface area contributed by atoms with E-state index in [2.05, 4.69) is 5.32 Å². The Morgan fingerprint density at radius 2 is 1.76 bits per heavy atom. The van der Waals surface area contributed by atoms with Crippen LogP contribution in [0.15, 0.2) is 30.3 Å². The van der Waals surface area contributed by atoms with Gasteiger partial charge in [0.25, 0.3) is 5.69 Å². The van der Waals surface area contributed by atoms with E-state index in [0.717, 1.165) is 12.1 Å². The van der Waals surface area contributed by atoms with Gasteiger partial charge in [0.15, 0.2) is 17.5 Å². The molecule has 0 aromatic heterocycles. The molecule has 0 saturated carbocycles. The van der Waals surface area contributed by atoms with Gasteiger partial charge in [0, 0.05) is 17.6 Å². The number of nitro benzene ring substituents is 1. The highest BCUT2D eigenvalue weighted by molar-refractivity contribution is 6.31. The Balaban J connectivity index is 2.24. The largest absolute Gasteiger partial charge is 0.375 e. The van der Waals surface area contributed by atoms with Gasteiger partial charge < -0.3 is 5.32 Å². The Hall–Kier alpha value is -2.28. The first-order chi connectivity index (χ1) is 9.88. The van der Waals surface area contributed by atoms with Gasteiger partial charge in [-0.25, -0.2) is 13.2 Å². The van der Waals surface area contributed by atoms with Gasteiger partial charge in [-0.3, -0.25) is 10.1 Å². The van der Waals surface area contributed by atoms with E-state index in [9.17, 15) is 23.3 Å². The number of anilines is 1. The van der Waals surface area contributed by atoms with E-state index in [0.29, 0.717) is 0 Å². The molecule has 4 nitrogen and oxygen atoms in total. The molecule has 0 radical (unpaired) electrons. The minimum atomic E-state index is -1.56. The van der Waals surface area contributed by atoms with Crippen molar-refractivity contribution in [2.45, 2.75) is 6.54 Å². The highest BCUT2D eigenvalue weighted by Crippen LogP contribution is 2.28. The van der Waals surface area contributed by atoms with E-state index in [4.69, 9.17) is 11.6 Å². The maximum atomic E-state index is 13.1. The lowest BCUT2D eigenvalue weighted by Gasteiger charge is -2.08. The lowest BCUT2D eigenvalue weighted by Crippen LogP contribution is -2.04. The zero-order valence-corrected chi connectivity index (χ0v) is 11.1. The molecule has 0 amide bonds. The third-order valence-corrected chi connectivity index (χ3v) is 2.92. The van der Waals surface area contributed by atoms with Crippen LogP contribution in [0.5, 0.6) is 0 Å². The summed E-state index contributed by atoms with van der Waals surface area (Å²) in [6, 6.07) is 5.48. The molecule has 0 aliphatic heterocycles. The first-order valence-electron chi connectivity index (χ1n) is 5.69. The average Bonchev–Trinajstić information content (AvgIpc) is 2.42. The summed E-state index contributed by atoms with van der Waals surface area (Å²) in [5.41, 5.74) is -0.0410. The third kappa shape index (κ3) is 3.43. The van der Waals surface area contributed by atoms with Crippen LogP contribution in [0.2, 0.25) is 5.02 Å². The summed E-state index contributed by atoms with van der Waals surface area (Å²) in [5, 5.41) is 13.8. The second-order valence-corrected chi connectivity index (χ2v) is 4.58. The topological polar surface area (TPSA) is 55.2 Å². The van der Waals surface area contributed by atoms with Gasteiger partial charge in [-0.05, 0) is 29.8 Å². The zero-order chi connectivity index (χ0) is 15.6. The molecule has 1 N–H and O–H groups in total. The van der Waals surface area contributed by atoms with Crippen molar-refractivity contribution in [3.8, 4) is 0 Å². The van der Waals surface area contributed by atoms with Crippen molar-refractivity contribution in [1.29, 1.82) is 0 Å². The molecule has 2 aromatic rings. The van der Waals surface area contributed by atoms with Crippen LogP contribution in [-0.2, 0) is 6.54 Å². The van der Waals surface area contributed by atoms with Crippen molar-refractivity contribution < 1.29 is 18.1 Å². The quantitative estimate of drug-likeness (QED) is 0.520. The van der Waals surface area contributed by atoms with Crippen molar-refractivity contribution in [2.24, 2.45) is 0 Å². The summed E-state index contributed by atoms with van der Waals surface area (Å²) < 4.78 is 39.0. The molecule has 0 aliphatic rings. The highest BCUT2D eigenvalue weighted by Gasteiger charge is 2.15. The van der Waals surface area contributed by atoms with E-state index in [-0.39, 0.29) is 28.5 Å². The molecule has 0 atom stereocenters. The predicted molar refractivity (Wildman–Crippen MR) is 71.7 cm³/mol. The van der Waals surface area contributed by atoms with Crippen LogP contribution in [0.4, 0.5) is 24.5 Å². The number of halogens is 4. The number of rotatable bonds is 4. The monoisotopic (exact) mass is 316 g/mol. The lowest BCUT2D eigenvalue weighted by molar-refractivity contribution is -0.384. The zero-order valence-electron chi connectivity index (χ0n) is 10.4. The highest BCUT2D eigenvalue weighted by atomic mass is 35.5. The van der Waals surface area contributed by atoms with Crippen LogP contribution in [0.25, 0.3) is 0 Å². The molecule has 0 spiro atoms. The molecule has 0 saturated heterocycles. The Labute approximate surface area is 122 Å². The Morgan fingerprint density at radius 3 is 2.33 bits per heavy atom. The van der Waals surface area contributed by atoms with Gasteiger partial charge in [0.05, 0.1) is 4.92 Å². The van der Waals surface area contributed by atoms with Gasteiger partial charge >= 0.3 is 0 Å². The molecule has 110 valence electrons. The molecule has 0 heterocycles. The summed E-state index contributed by atoms with van der Waals surface area (Å²) in [6.45, 7) is -0.130. The van der Waals surface area contributed by atoms with E-state index in [1.165, 1.54) is 18.2 Å². The van der Waals surface area contributed by atoms with Gasteiger partial charge in [0.2, 0.25) is 0 Å². The van der Waals surface area contributed by atoms with Crippen LogP contribution in [-0.4, -0.2) is 4.92 Å². The fourth-order valence-corrected chi connectivity index (χ4v) is 1.89. The lowest BCUT2D eigenvalue weighted by atomic mass is 10.2. The number of nitrogens with zero attached hydrogens (tertiary/aromatic N) is 1. The molecule has 0 bridgehead atoms. The number of nitrogens with one attached hydrogen (secondary N) is 1. The number of benzene rings is 2. The van der Waals surface area contributed by atoms with Crippen LogP contribution >= 0.6 is 11.6 Å². The Morgan fingerprint density at radius 1 is 1.14 bits per heavy atom. The van der Waals surface area contributed by atoms with Crippen molar-refractivity contribution in [1.82, 2.24) is 0 Å². The summed E-state index contributed by atoms with van der Waals surface area (Å²) >= 11 is 5.74. The third-order valence-electron chi connectivity index (χ3n) is 2.68. The number of hydrogen-bond donors (Lipinski definition) is 1. The molecule has 0 aliphatic carbocycles. The van der Waals surface area contributed by atoms with Crippen molar-refractivity contribution >= 4 is 23.0 Å². The predicted octanol–water partition coefficient (Wildman–Crippen LogP) is 4.28. The van der Waals surface area contributed by atoms with Crippen molar-refractivity contribution in [3.05, 3.63) is 68.5 Å². The van der Waals surface area contributed by atoms with E-state index >= 15 is 0 Å². The molecule has 8 heteroatoms.